The van der Waals surface area contributed by atoms with Crippen LogP contribution in [-0.4, -0.2) is 42.8 Å². The van der Waals surface area contributed by atoms with E-state index in [9.17, 15) is 14.7 Å². The molecule has 0 saturated carbocycles. The predicted octanol–water partition coefficient (Wildman–Crippen LogP) is 1.40. The van der Waals surface area contributed by atoms with E-state index in [0.717, 1.165) is 5.56 Å². The van der Waals surface area contributed by atoms with Crippen LogP contribution in [0.15, 0.2) is 24.3 Å². The lowest BCUT2D eigenvalue weighted by atomic mass is 9.89. The lowest BCUT2D eigenvalue weighted by Gasteiger charge is -2.24. The lowest BCUT2D eigenvalue weighted by Crippen LogP contribution is -2.38. The van der Waals surface area contributed by atoms with Crippen LogP contribution in [0, 0.1) is 5.92 Å². The summed E-state index contributed by atoms with van der Waals surface area (Å²) in [6.45, 7) is 5.71. The summed E-state index contributed by atoms with van der Waals surface area (Å²) in [7, 11) is 1.57. The van der Waals surface area contributed by atoms with E-state index in [1.54, 1.807) is 40.0 Å². The summed E-state index contributed by atoms with van der Waals surface area (Å²) < 4.78 is 10.4. The van der Waals surface area contributed by atoms with Gasteiger partial charge in [-0.3, -0.25) is 0 Å². The van der Waals surface area contributed by atoms with E-state index in [-0.39, 0.29) is 12.5 Å². The van der Waals surface area contributed by atoms with Gasteiger partial charge in [0.1, 0.15) is 11.4 Å². The van der Waals surface area contributed by atoms with E-state index in [0.29, 0.717) is 12.3 Å². The van der Waals surface area contributed by atoms with Gasteiger partial charge in [0.2, 0.25) is 0 Å². The number of methoxy groups -OCH3 is 1. The van der Waals surface area contributed by atoms with Crippen molar-refractivity contribution in [1.29, 1.82) is 0 Å². The molecule has 0 aromatic heterocycles. The van der Waals surface area contributed by atoms with Gasteiger partial charge >= 0.3 is 6.09 Å². The Morgan fingerprint density at radius 2 is 1.78 bits per heavy atom. The van der Waals surface area contributed by atoms with Crippen LogP contribution < -0.4 is 9.84 Å². The molecule has 1 saturated heterocycles. The largest absolute Gasteiger partial charge is 0.550 e. The average Bonchev–Trinajstić information content (AvgIpc) is 2.91. The Balaban J connectivity index is 2.17. The zero-order valence-electron chi connectivity index (χ0n) is 13.9. The molecule has 0 bridgehead atoms. The van der Waals surface area contributed by atoms with Crippen LogP contribution in [0.25, 0.3) is 0 Å². The fraction of sp³-hybridized carbons (Fsp3) is 0.529. The highest BCUT2D eigenvalue weighted by atomic mass is 16.6. The molecule has 0 unspecified atom stereocenters. The maximum atomic E-state index is 12.2. The highest BCUT2D eigenvalue weighted by Gasteiger charge is 2.38. The molecule has 2 rings (SSSR count). The fourth-order valence-corrected chi connectivity index (χ4v) is 2.71. The number of nitrogens with zero attached hydrogens (tertiary/aromatic N) is 1. The molecule has 0 radical (unpaired) electrons. The zero-order chi connectivity index (χ0) is 17.2. The van der Waals surface area contributed by atoms with Crippen LogP contribution in [0.1, 0.15) is 32.3 Å². The Kier molecular flexibility index (Phi) is 4.82. The Morgan fingerprint density at radius 1 is 1.17 bits per heavy atom. The molecule has 1 fully saturated rings. The van der Waals surface area contributed by atoms with Gasteiger partial charge in [0.05, 0.1) is 7.11 Å². The summed E-state index contributed by atoms with van der Waals surface area (Å²) in [5, 5.41) is 11.4. The summed E-state index contributed by atoms with van der Waals surface area (Å²) >= 11 is 0. The molecule has 6 nitrogen and oxygen atoms in total. The van der Waals surface area contributed by atoms with Gasteiger partial charge in [0, 0.05) is 30.9 Å². The summed E-state index contributed by atoms with van der Waals surface area (Å²) in [6.07, 6.45) is -0.500. The molecule has 0 N–H and O–H groups in total. The summed E-state index contributed by atoms with van der Waals surface area (Å²) in [4.78, 5) is 25.1. The first-order valence-electron chi connectivity index (χ1n) is 7.54. The van der Waals surface area contributed by atoms with Crippen molar-refractivity contribution in [3.8, 4) is 5.75 Å². The summed E-state index contributed by atoms with van der Waals surface area (Å²) in [6, 6.07) is 7.19. The molecule has 1 heterocycles. The SMILES string of the molecule is COc1ccc([C@H]2CN(C(=O)OC(C)(C)C)C[C@H]2C(=O)[O-])cc1. The maximum absolute atomic E-state index is 12.2. The first-order chi connectivity index (χ1) is 10.7. The Bertz CT molecular complexity index is 576. The van der Waals surface area contributed by atoms with Gasteiger partial charge in [0.15, 0.2) is 0 Å². The number of carbonyl (C=O) groups is 2. The van der Waals surface area contributed by atoms with Crippen molar-refractivity contribution < 1.29 is 24.2 Å². The van der Waals surface area contributed by atoms with Crippen LogP contribution in [0.3, 0.4) is 0 Å². The lowest BCUT2D eigenvalue weighted by molar-refractivity contribution is -0.311. The number of ether oxygens (including phenoxy) is 2. The number of benzene rings is 1. The molecule has 0 aliphatic carbocycles. The number of hydrogen-bond acceptors (Lipinski definition) is 5. The van der Waals surface area contributed by atoms with Gasteiger partial charge in [0.25, 0.3) is 0 Å². The molecule has 23 heavy (non-hydrogen) atoms. The predicted molar refractivity (Wildman–Crippen MR) is 82.0 cm³/mol. The molecular formula is C17H22NO5-. The quantitative estimate of drug-likeness (QED) is 0.841. The fourth-order valence-electron chi connectivity index (χ4n) is 2.71. The van der Waals surface area contributed by atoms with Crippen LogP contribution in [0.4, 0.5) is 4.79 Å². The van der Waals surface area contributed by atoms with E-state index in [1.807, 2.05) is 12.1 Å². The van der Waals surface area contributed by atoms with Crippen LogP contribution in [0.2, 0.25) is 0 Å². The third-order valence-corrected chi connectivity index (χ3v) is 3.82. The smallest absolute Gasteiger partial charge is 0.410 e. The Labute approximate surface area is 136 Å². The molecule has 1 aliphatic rings. The number of amides is 1. The minimum Gasteiger partial charge on any atom is -0.550 e. The van der Waals surface area contributed by atoms with Crippen molar-refractivity contribution in [2.75, 3.05) is 20.2 Å². The first kappa shape index (κ1) is 17.1. The van der Waals surface area contributed by atoms with E-state index in [2.05, 4.69) is 0 Å². The molecule has 1 aromatic carbocycles. The van der Waals surface area contributed by atoms with E-state index < -0.39 is 23.6 Å². The number of likely N-dealkylation sites (tertiary alicyclic amines) is 1. The highest BCUT2D eigenvalue weighted by Crippen LogP contribution is 2.34. The average molecular weight is 320 g/mol. The van der Waals surface area contributed by atoms with Crippen molar-refractivity contribution in [3.63, 3.8) is 0 Å². The molecule has 1 aliphatic heterocycles. The second kappa shape index (κ2) is 6.48. The van der Waals surface area contributed by atoms with E-state index >= 15 is 0 Å². The number of hydrogen-bond donors (Lipinski definition) is 0. The number of carbonyl (C=O) groups excluding carboxylic acids is 2. The number of rotatable bonds is 3. The van der Waals surface area contributed by atoms with Crippen molar-refractivity contribution in [1.82, 2.24) is 4.90 Å². The molecule has 1 amide bonds. The number of carboxylic acids is 1. The second-order valence-electron chi connectivity index (χ2n) is 6.69. The minimum absolute atomic E-state index is 0.0912. The van der Waals surface area contributed by atoms with Gasteiger partial charge < -0.3 is 24.3 Å². The standard InChI is InChI=1S/C17H23NO5/c1-17(2,3)23-16(21)18-9-13(14(10-18)15(19)20)11-5-7-12(22-4)8-6-11/h5-8,13-14H,9-10H2,1-4H3,(H,19,20)/p-1/t13-,14-/m1/s1. The first-order valence-corrected chi connectivity index (χ1v) is 7.54. The van der Waals surface area contributed by atoms with Crippen LogP contribution in [0.5, 0.6) is 5.75 Å². The van der Waals surface area contributed by atoms with Crippen molar-refractivity contribution in [3.05, 3.63) is 29.8 Å². The maximum Gasteiger partial charge on any atom is 0.410 e. The van der Waals surface area contributed by atoms with Crippen molar-refractivity contribution in [2.24, 2.45) is 5.92 Å². The number of carboxylic acid groups (broad SMARTS) is 1. The van der Waals surface area contributed by atoms with Gasteiger partial charge in [-0.1, -0.05) is 12.1 Å². The molecular weight excluding hydrogens is 298 g/mol. The third-order valence-electron chi connectivity index (χ3n) is 3.82. The van der Waals surface area contributed by atoms with Crippen molar-refractivity contribution in [2.45, 2.75) is 32.3 Å². The molecule has 0 spiro atoms. The van der Waals surface area contributed by atoms with Crippen LogP contribution >= 0.6 is 0 Å². The van der Waals surface area contributed by atoms with E-state index in [4.69, 9.17) is 9.47 Å². The Hall–Kier alpha value is -2.24. The van der Waals surface area contributed by atoms with E-state index in [1.165, 1.54) is 4.90 Å². The molecule has 1 aromatic rings. The summed E-state index contributed by atoms with van der Waals surface area (Å²) in [5.41, 5.74) is 0.220. The normalized spacial score (nSPS) is 21.1. The Morgan fingerprint density at radius 3 is 2.26 bits per heavy atom. The van der Waals surface area contributed by atoms with Gasteiger partial charge in [-0.15, -0.1) is 0 Å². The van der Waals surface area contributed by atoms with Gasteiger partial charge in [-0.2, -0.15) is 0 Å². The monoisotopic (exact) mass is 320 g/mol. The van der Waals surface area contributed by atoms with Gasteiger partial charge in [-0.25, -0.2) is 4.79 Å². The number of aliphatic carboxylic acids is 1. The third kappa shape index (κ3) is 4.15. The zero-order valence-corrected chi connectivity index (χ0v) is 13.9. The van der Waals surface area contributed by atoms with Gasteiger partial charge in [-0.05, 0) is 38.5 Å². The highest BCUT2D eigenvalue weighted by molar-refractivity contribution is 5.74. The summed E-state index contributed by atoms with van der Waals surface area (Å²) in [5.74, 6) is -1.54. The topological polar surface area (TPSA) is 78.9 Å². The van der Waals surface area contributed by atoms with Crippen molar-refractivity contribution >= 4 is 12.1 Å². The molecule has 126 valence electrons. The molecule has 2 atom stereocenters. The minimum atomic E-state index is -1.16. The second-order valence-corrected chi connectivity index (χ2v) is 6.69. The van der Waals surface area contributed by atoms with Crippen LogP contribution in [-0.2, 0) is 9.53 Å². The molecule has 6 heteroatoms.